The number of carbonyl (C=O) groups excluding carboxylic acids is 1. The molecule has 4 nitrogen and oxygen atoms in total. The molecule has 1 aromatic rings. The summed E-state index contributed by atoms with van der Waals surface area (Å²) in [5, 5.41) is 8.27. The van der Waals surface area contributed by atoms with Crippen LogP contribution in [0.1, 0.15) is 16.8 Å². The van der Waals surface area contributed by atoms with Crippen molar-refractivity contribution >= 4 is 5.91 Å². The van der Waals surface area contributed by atoms with E-state index in [1.54, 1.807) is 24.3 Å². The maximum absolute atomic E-state index is 10.7. The number of amides is 1. The Morgan fingerprint density at radius 1 is 1.43 bits per heavy atom. The zero-order valence-electron chi connectivity index (χ0n) is 7.56. The highest BCUT2D eigenvalue weighted by Crippen LogP contribution is 2.11. The van der Waals surface area contributed by atoms with Crippen molar-refractivity contribution in [1.29, 1.82) is 5.26 Å². The molecular formula is C10H10N2O2. The van der Waals surface area contributed by atoms with Crippen molar-refractivity contribution in [2.45, 2.75) is 6.42 Å². The molecule has 0 aliphatic carbocycles. The predicted molar refractivity (Wildman–Crippen MR) is 50.7 cm³/mol. The van der Waals surface area contributed by atoms with Crippen molar-refractivity contribution < 1.29 is 9.53 Å². The molecule has 0 heterocycles. The second-order valence-electron chi connectivity index (χ2n) is 2.65. The van der Waals surface area contributed by atoms with Crippen LogP contribution in [-0.2, 0) is 0 Å². The van der Waals surface area contributed by atoms with E-state index in [0.29, 0.717) is 24.3 Å². The summed E-state index contributed by atoms with van der Waals surface area (Å²) in [7, 11) is 0. The van der Waals surface area contributed by atoms with Gasteiger partial charge in [0.2, 0.25) is 5.91 Å². The van der Waals surface area contributed by atoms with Crippen LogP contribution < -0.4 is 10.5 Å². The summed E-state index contributed by atoms with van der Waals surface area (Å²) in [6.07, 6.45) is 0.345. The maximum atomic E-state index is 10.7. The van der Waals surface area contributed by atoms with Crippen LogP contribution in [0.5, 0.6) is 5.75 Å². The van der Waals surface area contributed by atoms with E-state index >= 15 is 0 Å². The third kappa shape index (κ3) is 2.79. The summed E-state index contributed by atoms with van der Waals surface area (Å²) in [4.78, 5) is 10.7. The van der Waals surface area contributed by atoms with Crippen LogP contribution in [-0.4, -0.2) is 12.5 Å². The SMILES string of the molecule is N#CCCOc1ccc(C(N)=O)cc1. The Hall–Kier alpha value is -2.02. The fourth-order valence-corrected chi connectivity index (χ4v) is 0.930. The fourth-order valence-electron chi connectivity index (χ4n) is 0.930. The van der Waals surface area contributed by atoms with Crippen molar-refractivity contribution in [1.82, 2.24) is 0 Å². The van der Waals surface area contributed by atoms with E-state index in [1.165, 1.54) is 0 Å². The van der Waals surface area contributed by atoms with Gasteiger partial charge in [-0.25, -0.2) is 0 Å². The minimum absolute atomic E-state index is 0.345. The molecule has 1 rings (SSSR count). The fraction of sp³-hybridized carbons (Fsp3) is 0.200. The Labute approximate surface area is 81.9 Å². The molecule has 72 valence electrons. The average molecular weight is 190 g/mol. The third-order valence-electron chi connectivity index (χ3n) is 1.62. The Balaban J connectivity index is 2.56. The number of nitrogens with two attached hydrogens (primary N) is 1. The minimum Gasteiger partial charge on any atom is -0.493 e. The van der Waals surface area contributed by atoms with Crippen LogP contribution in [0.25, 0.3) is 0 Å². The molecule has 0 spiro atoms. The van der Waals surface area contributed by atoms with E-state index in [9.17, 15) is 4.79 Å². The molecule has 0 fully saturated rings. The van der Waals surface area contributed by atoms with Gasteiger partial charge in [-0.2, -0.15) is 5.26 Å². The monoisotopic (exact) mass is 190 g/mol. The lowest BCUT2D eigenvalue weighted by atomic mass is 10.2. The van der Waals surface area contributed by atoms with Gasteiger partial charge in [-0.15, -0.1) is 0 Å². The first-order chi connectivity index (χ1) is 6.74. The van der Waals surface area contributed by atoms with Crippen molar-refractivity contribution in [2.75, 3.05) is 6.61 Å². The van der Waals surface area contributed by atoms with Crippen molar-refractivity contribution in [3.8, 4) is 11.8 Å². The summed E-state index contributed by atoms with van der Waals surface area (Å²) in [5.74, 6) is 0.166. The predicted octanol–water partition coefficient (Wildman–Crippen LogP) is 1.08. The first-order valence-electron chi connectivity index (χ1n) is 4.13. The number of hydrogen-bond donors (Lipinski definition) is 1. The maximum Gasteiger partial charge on any atom is 0.248 e. The number of hydrogen-bond acceptors (Lipinski definition) is 3. The topological polar surface area (TPSA) is 76.1 Å². The van der Waals surface area contributed by atoms with Crippen LogP contribution >= 0.6 is 0 Å². The number of ether oxygens (including phenoxy) is 1. The summed E-state index contributed by atoms with van der Waals surface area (Å²) in [5.41, 5.74) is 5.50. The third-order valence-corrected chi connectivity index (χ3v) is 1.62. The van der Waals surface area contributed by atoms with E-state index in [1.807, 2.05) is 6.07 Å². The molecular weight excluding hydrogens is 180 g/mol. The number of nitrogens with zero attached hydrogens (tertiary/aromatic N) is 1. The van der Waals surface area contributed by atoms with Gasteiger partial charge in [0, 0.05) is 5.56 Å². The molecule has 1 amide bonds. The second-order valence-corrected chi connectivity index (χ2v) is 2.65. The van der Waals surface area contributed by atoms with E-state index in [2.05, 4.69) is 0 Å². The van der Waals surface area contributed by atoms with Crippen LogP contribution in [0.2, 0.25) is 0 Å². The molecule has 0 radical (unpaired) electrons. The van der Waals surface area contributed by atoms with Crippen LogP contribution in [0.4, 0.5) is 0 Å². The highest BCUT2D eigenvalue weighted by atomic mass is 16.5. The molecule has 0 atom stereocenters. The number of primary amides is 1. The number of nitriles is 1. The van der Waals surface area contributed by atoms with E-state index in [4.69, 9.17) is 15.7 Å². The van der Waals surface area contributed by atoms with Gasteiger partial charge in [0.05, 0.1) is 12.5 Å². The van der Waals surface area contributed by atoms with Gasteiger partial charge in [0.25, 0.3) is 0 Å². The second kappa shape index (κ2) is 4.87. The molecule has 1 aromatic carbocycles. The highest BCUT2D eigenvalue weighted by molar-refractivity contribution is 5.92. The zero-order valence-corrected chi connectivity index (χ0v) is 7.56. The van der Waals surface area contributed by atoms with Gasteiger partial charge in [0.15, 0.2) is 0 Å². The molecule has 0 aliphatic heterocycles. The smallest absolute Gasteiger partial charge is 0.248 e. The molecule has 0 saturated carbocycles. The summed E-state index contributed by atoms with van der Waals surface area (Å²) >= 11 is 0. The largest absolute Gasteiger partial charge is 0.493 e. The van der Waals surface area contributed by atoms with Gasteiger partial charge < -0.3 is 10.5 Å². The Morgan fingerprint density at radius 2 is 2.07 bits per heavy atom. The molecule has 14 heavy (non-hydrogen) atoms. The summed E-state index contributed by atoms with van der Waals surface area (Å²) in [6, 6.07) is 8.44. The molecule has 4 heteroatoms. The van der Waals surface area contributed by atoms with Gasteiger partial charge in [-0.3, -0.25) is 4.79 Å². The number of rotatable bonds is 4. The van der Waals surface area contributed by atoms with Crippen molar-refractivity contribution in [3.63, 3.8) is 0 Å². The van der Waals surface area contributed by atoms with Gasteiger partial charge >= 0.3 is 0 Å². The number of benzene rings is 1. The molecule has 0 saturated heterocycles. The van der Waals surface area contributed by atoms with Gasteiger partial charge in [-0.05, 0) is 24.3 Å². The lowest BCUT2D eigenvalue weighted by Gasteiger charge is -2.03. The van der Waals surface area contributed by atoms with Crippen molar-refractivity contribution in [3.05, 3.63) is 29.8 Å². The van der Waals surface area contributed by atoms with Crippen LogP contribution in [0, 0.1) is 11.3 Å². The first kappa shape index (κ1) is 10.1. The first-order valence-corrected chi connectivity index (χ1v) is 4.13. The van der Waals surface area contributed by atoms with Gasteiger partial charge in [-0.1, -0.05) is 0 Å². The van der Waals surface area contributed by atoms with E-state index in [0.717, 1.165) is 0 Å². The van der Waals surface area contributed by atoms with Crippen molar-refractivity contribution in [2.24, 2.45) is 5.73 Å². The average Bonchev–Trinajstić information content (AvgIpc) is 2.19. The lowest BCUT2D eigenvalue weighted by molar-refractivity contribution is 0.100. The Kier molecular flexibility index (Phi) is 3.50. The van der Waals surface area contributed by atoms with Crippen LogP contribution in [0.3, 0.4) is 0 Å². The summed E-state index contributed by atoms with van der Waals surface area (Å²) < 4.78 is 5.21. The minimum atomic E-state index is -0.464. The Morgan fingerprint density at radius 3 is 2.57 bits per heavy atom. The summed E-state index contributed by atoms with van der Waals surface area (Å²) in [6.45, 7) is 0.354. The zero-order chi connectivity index (χ0) is 10.4. The molecule has 0 aromatic heterocycles. The van der Waals surface area contributed by atoms with E-state index in [-0.39, 0.29) is 0 Å². The number of carbonyl (C=O) groups is 1. The van der Waals surface area contributed by atoms with Crippen LogP contribution in [0.15, 0.2) is 24.3 Å². The lowest BCUT2D eigenvalue weighted by Crippen LogP contribution is -2.10. The molecule has 0 bridgehead atoms. The van der Waals surface area contributed by atoms with E-state index < -0.39 is 5.91 Å². The molecule has 0 unspecified atom stereocenters. The standard InChI is InChI=1S/C10H10N2O2/c11-6-1-7-14-9-4-2-8(3-5-9)10(12)13/h2-5H,1,7H2,(H2,12,13). The molecule has 2 N–H and O–H groups in total. The van der Waals surface area contributed by atoms with Gasteiger partial charge in [0.1, 0.15) is 12.4 Å². The quantitative estimate of drug-likeness (QED) is 0.721. The molecule has 0 aliphatic rings. The highest BCUT2D eigenvalue weighted by Gasteiger charge is 1.99. The normalized spacial score (nSPS) is 9.07. The Bertz CT molecular complexity index is 351.